The predicted octanol–water partition coefficient (Wildman–Crippen LogP) is 2.46. The van der Waals surface area contributed by atoms with E-state index in [-0.39, 0.29) is 0 Å². The molecule has 1 saturated heterocycles. The van der Waals surface area contributed by atoms with Crippen LogP contribution in [0.15, 0.2) is 30.5 Å². The quantitative estimate of drug-likeness (QED) is 0.943. The number of hydrogen-bond donors (Lipinski definition) is 1. The Kier molecular flexibility index (Phi) is 3.98. The van der Waals surface area contributed by atoms with Crippen molar-refractivity contribution in [3.63, 3.8) is 0 Å². The van der Waals surface area contributed by atoms with Gasteiger partial charge in [-0.2, -0.15) is 0 Å². The number of benzene rings is 1. The van der Waals surface area contributed by atoms with E-state index in [2.05, 4.69) is 21.8 Å². The van der Waals surface area contributed by atoms with Crippen LogP contribution in [0.3, 0.4) is 0 Å². The summed E-state index contributed by atoms with van der Waals surface area (Å²) in [6.45, 7) is 2.12. The van der Waals surface area contributed by atoms with Crippen molar-refractivity contribution in [1.82, 2.24) is 9.88 Å². The van der Waals surface area contributed by atoms with Gasteiger partial charge in [0.2, 0.25) is 0 Å². The molecule has 1 fully saturated rings. The van der Waals surface area contributed by atoms with Crippen LogP contribution in [0, 0.1) is 0 Å². The van der Waals surface area contributed by atoms with Crippen molar-refractivity contribution in [2.75, 3.05) is 32.1 Å². The molecular weight excluding hydrogens is 278 g/mol. The molecule has 22 heavy (non-hydrogen) atoms. The molecule has 2 heterocycles. The van der Waals surface area contributed by atoms with Crippen LogP contribution in [0.4, 0.5) is 5.82 Å². The fourth-order valence-corrected chi connectivity index (χ4v) is 3.21. The lowest BCUT2D eigenvalue weighted by Crippen LogP contribution is -2.42. The van der Waals surface area contributed by atoms with E-state index in [9.17, 15) is 9.90 Å². The number of carboxylic acids is 1. The van der Waals surface area contributed by atoms with E-state index in [0.717, 1.165) is 42.5 Å². The van der Waals surface area contributed by atoms with Gasteiger partial charge in [-0.05, 0) is 50.5 Å². The Balaban J connectivity index is 2.04. The second kappa shape index (κ2) is 5.93. The molecule has 1 aromatic carbocycles. The summed E-state index contributed by atoms with van der Waals surface area (Å²) in [6, 6.07) is 7.64. The van der Waals surface area contributed by atoms with Crippen LogP contribution in [0.5, 0.6) is 0 Å². The Bertz CT molecular complexity index is 688. The third-order valence-corrected chi connectivity index (χ3v) is 4.57. The third kappa shape index (κ3) is 2.64. The summed E-state index contributed by atoms with van der Waals surface area (Å²) < 4.78 is 0. The van der Waals surface area contributed by atoms with Gasteiger partial charge in [-0.15, -0.1) is 0 Å². The maximum absolute atomic E-state index is 11.6. The number of carbonyl (C=O) groups is 1. The topological polar surface area (TPSA) is 56.7 Å². The second-order valence-corrected chi connectivity index (χ2v) is 5.99. The van der Waals surface area contributed by atoms with Crippen molar-refractivity contribution >= 4 is 22.6 Å². The molecule has 0 amide bonds. The van der Waals surface area contributed by atoms with Gasteiger partial charge in [0, 0.05) is 24.7 Å². The van der Waals surface area contributed by atoms with Gasteiger partial charge in [0.25, 0.3) is 0 Å². The van der Waals surface area contributed by atoms with Crippen molar-refractivity contribution in [3.8, 4) is 0 Å². The fraction of sp³-hybridized carbons (Fsp3) is 0.412. The van der Waals surface area contributed by atoms with Crippen LogP contribution in [0.2, 0.25) is 0 Å². The van der Waals surface area contributed by atoms with Crippen LogP contribution in [0.1, 0.15) is 23.2 Å². The summed E-state index contributed by atoms with van der Waals surface area (Å²) in [7, 11) is 4.16. The van der Waals surface area contributed by atoms with E-state index in [1.807, 2.05) is 19.2 Å². The number of likely N-dealkylation sites (tertiary alicyclic amines) is 1. The first-order chi connectivity index (χ1) is 10.6. The number of anilines is 1. The molecule has 3 rings (SSSR count). The van der Waals surface area contributed by atoms with E-state index >= 15 is 0 Å². The number of aromatic carboxylic acids is 1. The molecule has 0 radical (unpaired) electrons. The number of nitrogens with zero attached hydrogens (tertiary/aromatic N) is 3. The summed E-state index contributed by atoms with van der Waals surface area (Å²) in [5.41, 5.74) is 0.320. The van der Waals surface area contributed by atoms with E-state index in [1.165, 1.54) is 0 Å². The monoisotopic (exact) mass is 299 g/mol. The Labute approximate surface area is 130 Å². The first kappa shape index (κ1) is 14.8. The van der Waals surface area contributed by atoms with Crippen LogP contribution >= 0.6 is 0 Å². The number of pyridine rings is 1. The number of piperidine rings is 1. The minimum atomic E-state index is -0.906. The van der Waals surface area contributed by atoms with Crippen molar-refractivity contribution in [3.05, 3.63) is 36.0 Å². The molecule has 0 unspecified atom stereocenters. The van der Waals surface area contributed by atoms with Gasteiger partial charge < -0.3 is 14.9 Å². The molecule has 0 saturated carbocycles. The summed E-state index contributed by atoms with van der Waals surface area (Å²) in [6.07, 6.45) is 3.90. The van der Waals surface area contributed by atoms with Crippen molar-refractivity contribution in [1.29, 1.82) is 0 Å². The zero-order valence-electron chi connectivity index (χ0n) is 13.0. The lowest BCUT2D eigenvalue weighted by Gasteiger charge is -2.36. The summed E-state index contributed by atoms with van der Waals surface area (Å²) in [5.74, 6) is -0.137. The average molecular weight is 299 g/mol. The smallest absolute Gasteiger partial charge is 0.336 e. The maximum atomic E-state index is 11.6. The van der Waals surface area contributed by atoms with E-state index in [4.69, 9.17) is 0 Å². The van der Waals surface area contributed by atoms with Crippen LogP contribution < -0.4 is 4.90 Å². The zero-order chi connectivity index (χ0) is 15.7. The fourth-order valence-electron chi connectivity index (χ4n) is 3.21. The van der Waals surface area contributed by atoms with Crippen LogP contribution in [-0.4, -0.2) is 54.2 Å². The molecule has 1 aromatic heterocycles. The molecule has 0 atom stereocenters. The maximum Gasteiger partial charge on any atom is 0.336 e. The first-order valence-electron chi connectivity index (χ1n) is 7.60. The van der Waals surface area contributed by atoms with E-state index < -0.39 is 5.97 Å². The Morgan fingerprint density at radius 2 is 2.05 bits per heavy atom. The molecule has 0 spiro atoms. The third-order valence-electron chi connectivity index (χ3n) is 4.57. The minimum absolute atomic E-state index is 0.320. The number of carboxylic acid groups (broad SMARTS) is 1. The van der Waals surface area contributed by atoms with Gasteiger partial charge in [0.15, 0.2) is 0 Å². The molecule has 2 aromatic rings. The lowest BCUT2D eigenvalue weighted by atomic mass is 10.0. The van der Waals surface area contributed by atoms with Crippen molar-refractivity contribution in [2.24, 2.45) is 0 Å². The summed E-state index contributed by atoms with van der Waals surface area (Å²) in [4.78, 5) is 20.5. The van der Waals surface area contributed by atoms with E-state index in [1.54, 1.807) is 18.3 Å². The highest BCUT2D eigenvalue weighted by atomic mass is 16.4. The van der Waals surface area contributed by atoms with Gasteiger partial charge >= 0.3 is 5.97 Å². The Hall–Kier alpha value is -2.14. The Morgan fingerprint density at radius 1 is 1.32 bits per heavy atom. The SMILES string of the molecule is CN1CCC(N(C)c2nccc3cccc(C(=O)O)c23)CC1. The second-order valence-electron chi connectivity index (χ2n) is 5.99. The molecule has 0 aliphatic carbocycles. The molecule has 1 N–H and O–H groups in total. The van der Waals surface area contributed by atoms with Gasteiger partial charge in [0.05, 0.1) is 5.56 Å². The minimum Gasteiger partial charge on any atom is -0.478 e. The van der Waals surface area contributed by atoms with Crippen molar-refractivity contribution in [2.45, 2.75) is 18.9 Å². The summed E-state index contributed by atoms with van der Waals surface area (Å²) in [5, 5.41) is 11.1. The molecule has 116 valence electrons. The zero-order valence-corrected chi connectivity index (χ0v) is 13.0. The standard InChI is InChI=1S/C17H21N3O2/c1-19-10-7-13(8-11-19)20(2)16-15-12(6-9-18-16)4-3-5-14(15)17(21)22/h3-6,9,13H,7-8,10-11H2,1-2H3,(H,21,22). The van der Waals surface area contributed by atoms with Gasteiger partial charge in [-0.25, -0.2) is 9.78 Å². The van der Waals surface area contributed by atoms with Crippen molar-refractivity contribution < 1.29 is 9.90 Å². The first-order valence-corrected chi connectivity index (χ1v) is 7.60. The highest BCUT2D eigenvalue weighted by Crippen LogP contribution is 2.30. The molecule has 5 nitrogen and oxygen atoms in total. The highest BCUT2D eigenvalue weighted by molar-refractivity contribution is 6.08. The normalized spacial score (nSPS) is 16.8. The Morgan fingerprint density at radius 3 is 2.73 bits per heavy atom. The number of fused-ring (bicyclic) bond motifs is 1. The predicted molar refractivity (Wildman–Crippen MR) is 87.6 cm³/mol. The molecule has 1 aliphatic heterocycles. The van der Waals surface area contributed by atoms with Crippen LogP contribution in [-0.2, 0) is 0 Å². The average Bonchev–Trinajstić information content (AvgIpc) is 2.53. The van der Waals surface area contributed by atoms with E-state index in [0.29, 0.717) is 11.6 Å². The number of rotatable bonds is 3. The van der Waals surface area contributed by atoms with Gasteiger partial charge in [0.1, 0.15) is 5.82 Å². The van der Waals surface area contributed by atoms with Gasteiger partial charge in [-0.3, -0.25) is 0 Å². The molecule has 0 bridgehead atoms. The molecule has 5 heteroatoms. The van der Waals surface area contributed by atoms with Gasteiger partial charge in [-0.1, -0.05) is 12.1 Å². The molecule has 1 aliphatic rings. The summed E-state index contributed by atoms with van der Waals surface area (Å²) >= 11 is 0. The largest absolute Gasteiger partial charge is 0.478 e. The van der Waals surface area contributed by atoms with Crippen LogP contribution in [0.25, 0.3) is 10.8 Å². The number of hydrogen-bond acceptors (Lipinski definition) is 4. The molecular formula is C17H21N3O2. The lowest BCUT2D eigenvalue weighted by molar-refractivity contribution is 0.0699. The number of aromatic nitrogens is 1. The highest BCUT2D eigenvalue weighted by Gasteiger charge is 2.24.